The van der Waals surface area contributed by atoms with Gasteiger partial charge in [-0.3, -0.25) is 4.68 Å². The summed E-state index contributed by atoms with van der Waals surface area (Å²) in [6.07, 6.45) is 2.55. The topological polar surface area (TPSA) is 17.8 Å². The zero-order valence-electron chi connectivity index (χ0n) is 10.6. The second-order valence-electron chi connectivity index (χ2n) is 4.48. The van der Waals surface area contributed by atoms with Crippen LogP contribution in [-0.2, 0) is 19.9 Å². The van der Waals surface area contributed by atoms with Gasteiger partial charge in [0.15, 0.2) is 0 Å². The minimum atomic E-state index is -0.0917. The Kier molecular flexibility index (Phi) is 5.62. The van der Waals surface area contributed by atoms with E-state index in [9.17, 15) is 0 Å². The Morgan fingerprint density at radius 2 is 1.82 bits per heavy atom. The van der Waals surface area contributed by atoms with E-state index in [-0.39, 0.29) is 5.41 Å². The van der Waals surface area contributed by atoms with Crippen molar-refractivity contribution in [3.05, 3.63) is 16.4 Å². The molecule has 0 radical (unpaired) electrons. The lowest BCUT2D eigenvalue weighted by Crippen LogP contribution is -2.28. The molecule has 0 aliphatic heterocycles. The molecule has 1 rings (SSSR count). The van der Waals surface area contributed by atoms with Crippen LogP contribution in [0.25, 0.3) is 0 Å². The van der Waals surface area contributed by atoms with E-state index in [1.54, 1.807) is 0 Å². The lowest BCUT2D eigenvalue weighted by molar-refractivity contribution is 0.352. The summed E-state index contributed by atoms with van der Waals surface area (Å²) in [5, 5.41) is 5.18. The van der Waals surface area contributed by atoms with Crippen LogP contribution in [-0.4, -0.2) is 21.5 Å². The van der Waals surface area contributed by atoms with Crippen molar-refractivity contribution in [3.8, 4) is 0 Å². The second kappa shape index (κ2) is 6.31. The molecule has 0 aromatic carbocycles. The SMILES string of the molecule is CCc1nn(C)c(CC(CC)(CCl)CCl)c1Cl. The van der Waals surface area contributed by atoms with E-state index in [0.717, 1.165) is 35.7 Å². The molecule has 5 heteroatoms. The molecule has 1 heterocycles. The van der Waals surface area contributed by atoms with Gasteiger partial charge in [-0.1, -0.05) is 25.4 Å². The van der Waals surface area contributed by atoms with Crippen LogP contribution in [0, 0.1) is 5.41 Å². The first-order valence-electron chi connectivity index (χ1n) is 5.85. The molecule has 17 heavy (non-hydrogen) atoms. The Morgan fingerprint density at radius 3 is 2.18 bits per heavy atom. The van der Waals surface area contributed by atoms with Gasteiger partial charge in [0.05, 0.1) is 16.4 Å². The van der Waals surface area contributed by atoms with Crippen LogP contribution in [0.3, 0.4) is 0 Å². The quantitative estimate of drug-likeness (QED) is 0.724. The van der Waals surface area contributed by atoms with Crippen LogP contribution in [0.15, 0.2) is 0 Å². The first-order chi connectivity index (χ1) is 8.03. The molecule has 0 fully saturated rings. The Bertz CT molecular complexity index is 362. The van der Waals surface area contributed by atoms with E-state index in [0.29, 0.717) is 11.8 Å². The normalized spacial score (nSPS) is 12.1. The summed E-state index contributed by atoms with van der Waals surface area (Å²) in [4.78, 5) is 0. The Labute approximate surface area is 118 Å². The predicted molar refractivity (Wildman–Crippen MR) is 75.5 cm³/mol. The van der Waals surface area contributed by atoms with Gasteiger partial charge in [0, 0.05) is 24.2 Å². The molecule has 0 amide bonds. The fourth-order valence-corrected chi connectivity index (χ4v) is 3.02. The summed E-state index contributed by atoms with van der Waals surface area (Å²) in [6, 6.07) is 0. The molecule has 0 N–H and O–H groups in total. The van der Waals surface area contributed by atoms with Gasteiger partial charge in [0.1, 0.15) is 0 Å². The number of hydrogen-bond donors (Lipinski definition) is 0. The van der Waals surface area contributed by atoms with Crippen molar-refractivity contribution in [2.24, 2.45) is 12.5 Å². The lowest BCUT2D eigenvalue weighted by Gasteiger charge is -2.28. The number of rotatable bonds is 6. The third kappa shape index (κ3) is 3.10. The molecule has 0 saturated carbocycles. The first kappa shape index (κ1) is 15.1. The number of aryl methyl sites for hydroxylation is 2. The van der Waals surface area contributed by atoms with Crippen LogP contribution >= 0.6 is 34.8 Å². The molecule has 0 aliphatic rings. The minimum absolute atomic E-state index is 0.0917. The number of nitrogens with zero attached hydrogens (tertiary/aromatic N) is 2. The van der Waals surface area contributed by atoms with Gasteiger partial charge in [-0.2, -0.15) is 5.10 Å². The highest BCUT2D eigenvalue weighted by Crippen LogP contribution is 2.33. The summed E-state index contributed by atoms with van der Waals surface area (Å²) in [6.45, 7) is 4.16. The largest absolute Gasteiger partial charge is 0.271 e. The highest BCUT2D eigenvalue weighted by atomic mass is 35.5. The predicted octanol–water partition coefficient (Wildman–Crippen LogP) is 4.05. The molecule has 0 saturated heterocycles. The molecule has 0 atom stereocenters. The number of halogens is 3. The third-order valence-electron chi connectivity index (χ3n) is 3.36. The van der Waals surface area contributed by atoms with Crippen molar-refractivity contribution in [3.63, 3.8) is 0 Å². The second-order valence-corrected chi connectivity index (χ2v) is 5.39. The highest BCUT2D eigenvalue weighted by Gasteiger charge is 2.29. The maximum atomic E-state index is 6.34. The molecule has 1 aromatic rings. The zero-order valence-corrected chi connectivity index (χ0v) is 12.8. The van der Waals surface area contributed by atoms with Gasteiger partial charge in [-0.05, 0) is 19.3 Å². The molecule has 0 bridgehead atoms. The number of aromatic nitrogens is 2. The van der Waals surface area contributed by atoms with Gasteiger partial charge >= 0.3 is 0 Å². The van der Waals surface area contributed by atoms with Gasteiger partial charge in [-0.25, -0.2) is 0 Å². The lowest BCUT2D eigenvalue weighted by atomic mass is 9.84. The molecule has 0 spiro atoms. The maximum absolute atomic E-state index is 6.34. The van der Waals surface area contributed by atoms with Gasteiger partial charge in [0.25, 0.3) is 0 Å². The Hall–Kier alpha value is 0.0800. The van der Waals surface area contributed by atoms with E-state index >= 15 is 0 Å². The van der Waals surface area contributed by atoms with E-state index in [1.165, 1.54) is 0 Å². The Balaban J connectivity index is 3.05. The van der Waals surface area contributed by atoms with E-state index < -0.39 is 0 Å². The van der Waals surface area contributed by atoms with Crippen LogP contribution in [0.1, 0.15) is 31.7 Å². The van der Waals surface area contributed by atoms with Crippen molar-refractivity contribution in [1.82, 2.24) is 9.78 Å². The van der Waals surface area contributed by atoms with Crippen molar-refractivity contribution < 1.29 is 0 Å². The molecular formula is C12H19Cl3N2. The fraction of sp³-hybridized carbons (Fsp3) is 0.750. The average Bonchev–Trinajstić information content (AvgIpc) is 2.62. The minimum Gasteiger partial charge on any atom is -0.271 e. The molecule has 0 unspecified atom stereocenters. The van der Waals surface area contributed by atoms with Gasteiger partial charge in [0.2, 0.25) is 0 Å². The molecule has 1 aromatic heterocycles. The first-order valence-corrected chi connectivity index (χ1v) is 7.30. The average molecular weight is 298 g/mol. The van der Waals surface area contributed by atoms with E-state index in [2.05, 4.69) is 12.0 Å². The van der Waals surface area contributed by atoms with Gasteiger partial charge in [-0.15, -0.1) is 23.2 Å². The Morgan fingerprint density at radius 1 is 1.24 bits per heavy atom. The highest BCUT2D eigenvalue weighted by molar-refractivity contribution is 6.32. The van der Waals surface area contributed by atoms with Crippen LogP contribution in [0.4, 0.5) is 0 Å². The summed E-state index contributed by atoms with van der Waals surface area (Å²) in [5.41, 5.74) is 1.89. The van der Waals surface area contributed by atoms with Crippen molar-refractivity contribution >= 4 is 34.8 Å². The summed E-state index contributed by atoms with van der Waals surface area (Å²) < 4.78 is 1.85. The smallest absolute Gasteiger partial charge is 0.0849 e. The monoisotopic (exact) mass is 296 g/mol. The van der Waals surface area contributed by atoms with Crippen LogP contribution in [0.2, 0.25) is 5.02 Å². The molecule has 2 nitrogen and oxygen atoms in total. The molecular weight excluding hydrogens is 279 g/mol. The standard InChI is InChI=1S/C12H19Cl3N2/c1-4-9-11(15)10(17(3)16-9)6-12(5-2,7-13)8-14/h4-8H2,1-3H3. The van der Waals surface area contributed by atoms with Crippen molar-refractivity contribution in [2.45, 2.75) is 33.1 Å². The molecule has 0 aliphatic carbocycles. The summed E-state index contributed by atoms with van der Waals surface area (Å²) in [7, 11) is 1.92. The van der Waals surface area contributed by atoms with Crippen molar-refractivity contribution in [1.29, 1.82) is 0 Å². The van der Waals surface area contributed by atoms with Crippen LogP contribution < -0.4 is 0 Å². The number of hydrogen-bond acceptors (Lipinski definition) is 1. The fourth-order valence-electron chi connectivity index (χ4n) is 1.81. The van der Waals surface area contributed by atoms with E-state index in [1.807, 2.05) is 18.7 Å². The maximum Gasteiger partial charge on any atom is 0.0849 e. The van der Waals surface area contributed by atoms with E-state index in [4.69, 9.17) is 34.8 Å². The third-order valence-corrected chi connectivity index (χ3v) is 4.93. The van der Waals surface area contributed by atoms with Crippen molar-refractivity contribution in [2.75, 3.05) is 11.8 Å². The van der Waals surface area contributed by atoms with Crippen LogP contribution in [0.5, 0.6) is 0 Å². The number of alkyl halides is 2. The summed E-state index contributed by atoms with van der Waals surface area (Å²) >= 11 is 18.5. The summed E-state index contributed by atoms with van der Waals surface area (Å²) in [5.74, 6) is 1.08. The van der Waals surface area contributed by atoms with Gasteiger partial charge < -0.3 is 0 Å². The molecule has 98 valence electrons. The zero-order chi connectivity index (χ0) is 13.1.